The van der Waals surface area contributed by atoms with Gasteiger partial charge in [-0.3, -0.25) is 0 Å². The van der Waals surface area contributed by atoms with E-state index in [-0.39, 0.29) is 0 Å². The lowest BCUT2D eigenvalue weighted by atomic mass is 10.1. The average molecular weight is 508 g/mol. The monoisotopic (exact) mass is 507 g/mol. The molecule has 10 heteroatoms. The molecule has 4 aromatic rings. The van der Waals surface area contributed by atoms with Crippen molar-refractivity contribution >= 4 is 52.9 Å². The number of nitrogens with zero attached hydrogens (tertiary/aromatic N) is 5. The molecule has 0 saturated carbocycles. The molecule has 35 heavy (non-hydrogen) atoms. The second-order valence-corrected chi connectivity index (χ2v) is 8.78. The summed E-state index contributed by atoms with van der Waals surface area (Å²) in [7, 11) is 0. The van der Waals surface area contributed by atoms with E-state index in [0.29, 0.717) is 45.0 Å². The van der Waals surface area contributed by atoms with Gasteiger partial charge < -0.3 is 14.6 Å². The molecule has 2 aromatic carbocycles. The maximum atomic E-state index is 6.30. The molecular formula is C25H23Cl2N7O. The number of hydrazone groups is 1. The van der Waals surface area contributed by atoms with Crippen molar-refractivity contribution in [1.29, 1.82) is 0 Å². The van der Waals surface area contributed by atoms with Gasteiger partial charge in [-0.1, -0.05) is 47.5 Å². The zero-order chi connectivity index (χ0) is 24.0. The fourth-order valence-electron chi connectivity index (χ4n) is 3.77. The highest BCUT2D eigenvalue weighted by atomic mass is 35.5. The van der Waals surface area contributed by atoms with E-state index in [0.717, 1.165) is 31.6 Å². The first-order valence-corrected chi connectivity index (χ1v) is 12.1. The van der Waals surface area contributed by atoms with E-state index in [4.69, 9.17) is 27.6 Å². The lowest BCUT2D eigenvalue weighted by Gasteiger charge is -2.26. The highest BCUT2D eigenvalue weighted by Crippen LogP contribution is 2.34. The van der Waals surface area contributed by atoms with Gasteiger partial charge in [0.1, 0.15) is 11.5 Å². The summed E-state index contributed by atoms with van der Waals surface area (Å²) in [6, 6.07) is 18.8. The Hall–Kier alpha value is -3.62. The topological polar surface area (TPSA) is 91.5 Å². The van der Waals surface area contributed by atoms with Gasteiger partial charge in [0.2, 0.25) is 17.8 Å². The average Bonchev–Trinajstić information content (AvgIpc) is 3.35. The Balaban J connectivity index is 1.35. The molecule has 178 valence electrons. The van der Waals surface area contributed by atoms with Crippen molar-refractivity contribution < 1.29 is 4.42 Å². The van der Waals surface area contributed by atoms with Gasteiger partial charge in [0.25, 0.3) is 0 Å². The molecular weight excluding hydrogens is 485 g/mol. The van der Waals surface area contributed by atoms with Crippen molar-refractivity contribution in [1.82, 2.24) is 15.0 Å². The number of hydrogen-bond donors (Lipinski definition) is 2. The van der Waals surface area contributed by atoms with E-state index in [1.54, 1.807) is 18.3 Å². The molecule has 2 aromatic heterocycles. The van der Waals surface area contributed by atoms with E-state index in [1.165, 1.54) is 6.42 Å². The largest absolute Gasteiger partial charge is 0.455 e. The number of piperidine rings is 1. The molecule has 1 saturated heterocycles. The summed E-state index contributed by atoms with van der Waals surface area (Å²) < 4.78 is 5.86. The first-order chi connectivity index (χ1) is 17.2. The molecule has 1 aliphatic rings. The normalized spacial score (nSPS) is 13.8. The summed E-state index contributed by atoms with van der Waals surface area (Å²) in [5.41, 5.74) is 4.51. The molecule has 0 aliphatic carbocycles. The van der Waals surface area contributed by atoms with Gasteiger partial charge in [0, 0.05) is 24.3 Å². The smallest absolute Gasteiger partial charge is 0.250 e. The summed E-state index contributed by atoms with van der Waals surface area (Å²) in [5, 5.41) is 8.42. The zero-order valence-electron chi connectivity index (χ0n) is 18.8. The number of hydrogen-bond acceptors (Lipinski definition) is 8. The summed E-state index contributed by atoms with van der Waals surface area (Å²) in [6.07, 6.45) is 5.01. The fraction of sp³-hybridized carbons (Fsp3) is 0.200. The van der Waals surface area contributed by atoms with E-state index in [2.05, 4.69) is 35.7 Å². The van der Waals surface area contributed by atoms with E-state index in [9.17, 15) is 0 Å². The van der Waals surface area contributed by atoms with Crippen molar-refractivity contribution in [2.24, 2.45) is 5.10 Å². The van der Waals surface area contributed by atoms with Crippen molar-refractivity contribution in [3.63, 3.8) is 0 Å². The van der Waals surface area contributed by atoms with Crippen molar-refractivity contribution in [2.75, 3.05) is 28.7 Å². The van der Waals surface area contributed by atoms with Crippen LogP contribution in [0.25, 0.3) is 11.3 Å². The predicted octanol–water partition coefficient (Wildman–Crippen LogP) is 6.62. The SMILES string of the molecule is Clc1cccc(-c2ccc(/C=N/Nc3nc(Nc4ccccc4)nc(N4CCCCC4)n3)o2)c1Cl. The Bertz CT molecular complexity index is 1320. The van der Waals surface area contributed by atoms with E-state index in [1.807, 2.05) is 48.5 Å². The first kappa shape index (κ1) is 23.1. The number of aromatic nitrogens is 3. The van der Waals surface area contributed by atoms with Crippen LogP contribution in [0.2, 0.25) is 10.0 Å². The van der Waals surface area contributed by atoms with Crippen molar-refractivity contribution in [2.45, 2.75) is 19.3 Å². The number of furan rings is 1. The highest BCUT2D eigenvalue weighted by molar-refractivity contribution is 6.43. The zero-order valence-corrected chi connectivity index (χ0v) is 20.3. The van der Waals surface area contributed by atoms with Crippen LogP contribution in [0.1, 0.15) is 25.0 Å². The Labute approximate surface area is 213 Å². The Morgan fingerprint density at radius 2 is 1.66 bits per heavy atom. The van der Waals surface area contributed by atoms with Gasteiger partial charge >= 0.3 is 0 Å². The summed E-state index contributed by atoms with van der Waals surface area (Å²) in [4.78, 5) is 15.9. The Kier molecular flexibility index (Phi) is 7.11. The van der Waals surface area contributed by atoms with Gasteiger partial charge in [0.05, 0.1) is 16.3 Å². The minimum atomic E-state index is 0.333. The van der Waals surface area contributed by atoms with Crippen LogP contribution in [0.3, 0.4) is 0 Å². The van der Waals surface area contributed by atoms with Crippen LogP contribution in [-0.2, 0) is 0 Å². The number of anilines is 4. The third-order valence-electron chi connectivity index (χ3n) is 5.49. The minimum absolute atomic E-state index is 0.333. The van der Waals surface area contributed by atoms with Gasteiger partial charge in [-0.05, 0) is 55.7 Å². The third-order valence-corrected chi connectivity index (χ3v) is 6.31. The predicted molar refractivity (Wildman–Crippen MR) is 141 cm³/mol. The molecule has 0 amide bonds. The van der Waals surface area contributed by atoms with E-state index < -0.39 is 0 Å². The Morgan fingerprint density at radius 1 is 0.857 bits per heavy atom. The number of para-hydroxylation sites is 1. The molecule has 0 unspecified atom stereocenters. The summed E-state index contributed by atoms with van der Waals surface area (Å²) in [6.45, 7) is 1.83. The van der Waals surface area contributed by atoms with Crippen LogP contribution >= 0.6 is 23.2 Å². The molecule has 1 fully saturated rings. The molecule has 3 heterocycles. The third kappa shape index (κ3) is 5.72. The standard InChI is InChI=1S/C25H23Cl2N7O/c26-20-11-7-10-19(22(20)27)21-13-12-18(35-21)16-28-33-24-30-23(29-17-8-3-1-4-9-17)31-25(32-24)34-14-5-2-6-15-34/h1,3-4,7-13,16H,2,5-6,14-15H2,(H2,29,30,31,32,33)/b28-16+. The van der Waals surface area contributed by atoms with Crippen molar-refractivity contribution in [3.05, 3.63) is 76.5 Å². The second-order valence-electron chi connectivity index (χ2n) is 7.99. The van der Waals surface area contributed by atoms with Gasteiger partial charge in [0.15, 0.2) is 0 Å². The molecule has 1 aliphatic heterocycles. The minimum Gasteiger partial charge on any atom is -0.455 e. The highest BCUT2D eigenvalue weighted by Gasteiger charge is 2.16. The maximum absolute atomic E-state index is 6.30. The number of nitrogens with one attached hydrogen (secondary N) is 2. The van der Waals surface area contributed by atoms with Crippen LogP contribution < -0.4 is 15.6 Å². The quantitative estimate of drug-likeness (QED) is 0.214. The van der Waals surface area contributed by atoms with Crippen LogP contribution in [0, 0.1) is 0 Å². The van der Waals surface area contributed by atoms with Crippen LogP contribution in [0.15, 0.2) is 70.2 Å². The lowest BCUT2D eigenvalue weighted by molar-refractivity contribution is 0.568. The molecule has 0 radical (unpaired) electrons. The molecule has 5 rings (SSSR count). The second kappa shape index (κ2) is 10.8. The maximum Gasteiger partial charge on any atom is 0.250 e. The number of benzene rings is 2. The van der Waals surface area contributed by atoms with Crippen molar-refractivity contribution in [3.8, 4) is 11.3 Å². The summed E-state index contributed by atoms with van der Waals surface area (Å²) >= 11 is 12.4. The van der Waals surface area contributed by atoms with Gasteiger partial charge in [-0.2, -0.15) is 20.1 Å². The molecule has 2 N–H and O–H groups in total. The first-order valence-electron chi connectivity index (χ1n) is 11.3. The molecule has 8 nitrogen and oxygen atoms in total. The summed E-state index contributed by atoms with van der Waals surface area (Å²) in [5.74, 6) is 2.53. The Morgan fingerprint density at radius 3 is 2.49 bits per heavy atom. The van der Waals surface area contributed by atoms with Crippen LogP contribution in [0.5, 0.6) is 0 Å². The van der Waals surface area contributed by atoms with Gasteiger partial charge in [-0.15, -0.1) is 0 Å². The lowest BCUT2D eigenvalue weighted by Crippen LogP contribution is -2.31. The van der Waals surface area contributed by atoms with Gasteiger partial charge in [-0.25, -0.2) is 5.43 Å². The van der Waals surface area contributed by atoms with Crippen LogP contribution in [0.4, 0.5) is 23.5 Å². The molecule has 0 spiro atoms. The fourth-order valence-corrected chi connectivity index (χ4v) is 4.16. The van der Waals surface area contributed by atoms with Crippen LogP contribution in [-0.4, -0.2) is 34.3 Å². The number of halogens is 2. The number of rotatable bonds is 7. The van der Waals surface area contributed by atoms with E-state index >= 15 is 0 Å². The molecule has 0 atom stereocenters. The molecule has 0 bridgehead atoms.